The molecule has 1 aromatic heterocycles. The molecular weight excluding hydrogens is 330 g/mol. The zero-order chi connectivity index (χ0) is 19.3. The number of benzene rings is 1. The van der Waals surface area contributed by atoms with E-state index in [2.05, 4.69) is 26.8 Å². The minimum Gasteiger partial charge on any atom is -0.508 e. The number of rotatable bonds is 7. The first-order chi connectivity index (χ1) is 12.3. The monoisotopic (exact) mass is 357 g/mol. The van der Waals surface area contributed by atoms with Crippen LogP contribution in [0.1, 0.15) is 33.6 Å². The van der Waals surface area contributed by atoms with Gasteiger partial charge in [0.25, 0.3) is 5.56 Å². The molecule has 0 saturated heterocycles. The topological polar surface area (TPSA) is 60.7 Å². The number of allylic oxidation sites excluding steroid dienone is 3. The fourth-order valence-electron chi connectivity index (χ4n) is 2.76. The van der Waals surface area contributed by atoms with Crippen molar-refractivity contribution in [1.82, 2.24) is 4.57 Å². The first-order valence-electron chi connectivity index (χ1n) is 8.66. The Hall–Kier alpha value is -2.69. The Bertz CT molecular complexity index is 902. The van der Waals surface area contributed by atoms with Crippen molar-refractivity contribution in [3.8, 4) is 17.2 Å². The molecule has 0 aliphatic carbocycles. The van der Waals surface area contributed by atoms with Gasteiger partial charge in [-0.05, 0) is 51.8 Å². The lowest BCUT2D eigenvalue weighted by atomic mass is 10.1. The van der Waals surface area contributed by atoms with Crippen molar-refractivity contribution in [2.75, 3.05) is 13.7 Å². The number of phenols is 1. The molecule has 1 heterocycles. The van der Waals surface area contributed by atoms with Crippen LogP contribution < -0.4 is 15.0 Å². The maximum atomic E-state index is 12.6. The summed E-state index contributed by atoms with van der Waals surface area (Å²) >= 11 is 0. The first-order valence-corrected chi connectivity index (χ1v) is 8.66. The molecule has 0 aliphatic heterocycles. The van der Waals surface area contributed by atoms with E-state index in [4.69, 9.17) is 9.47 Å². The molecule has 0 aliphatic rings. The summed E-state index contributed by atoms with van der Waals surface area (Å²) in [5, 5.41) is 10.4. The number of hydrogen-bond donors (Lipinski definition) is 1. The van der Waals surface area contributed by atoms with Crippen molar-refractivity contribution in [2.24, 2.45) is 7.05 Å². The molecule has 0 radical (unpaired) electrons. The van der Waals surface area contributed by atoms with Crippen LogP contribution in [0.15, 0.2) is 46.3 Å². The van der Waals surface area contributed by atoms with E-state index in [0.717, 1.165) is 12.8 Å². The predicted octanol–water partition coefficient (Wildman–Crippen LogP) is 4.32. The van der Waals surface area contributed by atoms with Gasteiger partial charge in [0.05, 0.1) is 12.6 Å². The standard InChI is InChI=1S/C21H27NO4/c1-14(2)7-6-8-15(3)11-12-26-20-19(25-5)17-10-9-16(23)13-18(17)22(4)21(20)24/h7,9-11,13,23H,6,8,12H2,1-5H3/b15-11+. The van der Waals surface area contributed by atoms with E-state index in [1.54, 1.807) is 19.2 Å². The average molecular weight is 357 g/mol. The SMILES string of the molecule is COc1c(OC/C=C(\C)CCC=C(C)C)c(=O)n(C)c2cc(O)ccc12. The van der Waals surface area contributed by atoms with Gasteiger partial charge in [-0.1, -0.05) is 17.2 Å². The Kier molecular flexibility index (Phi) is 6.50. The van der Waals surface area contributed by atoms with E-state index in [-0.39, 0.29) is 17.1 Å². The molecule has 0 fully saturated rings. The Morgan fingerprint density at radius 1 is 1.19 bits per heavy atom. The van der Waals surface area contributed by atoms with Crippen LogP contribution in [0.3, 0.4) is 0 Å². The van der Waals surface area contributed by atoms with Crippen LogP contribution in [-0.2, 0) is 7.05 Å². The number of aromatic hydroxyl groups is 1. The zero-order valence-electron chi connectivity index (χ0n) is 16.1. The molecule has 0 atom stereocenters. The van der Waals surface area contributed by atoms with E-state index >= 15 is 0 Å². The number of pyridine rings is 1. The molecule has 0 bridgehead atoms. The van der Waals surface area contributed by atoms with Crippen LogP contribution >= 0.6 is 0 Å². The number of aryl methyl sites for hydroxylation is 1. The van der Waals surface area contributed by atoms with Crippen LogP contribution in [0.5, 0.6) is 17.2 Å². The van der Waals surface area contributed by atoms with Gasteiger partial charge in [0.15, 0.2) is 5.75 Å². The summed E-state index contributed by atoms with van der Waals surface area (Å²) in [4.78, 5) is 12.6. The highest BCUT2D eigenvalue weighted by atomic mass is 16.5. The molecule has 1 aromatic carbocycles. The lowest BCUT2D eigenvalue weighted by molar-refractivity contribution is 0.321. The summed E-state index contributed by atoms with van der Waals surface area (Å²) in [6.07, 6.45) is 6.14. The number of hydrogen-bond acceptors (Lipinski definition) is 4. The van der Waals surface area contributed by atoms with Crippen LogP contribution in [0, 0.1) is 0 Å². The van der Waals surface area contributed by atoms with E-state index < -0.39 is 0 Å². The van der Waals surface area contributed by atoms with Crippen molar-refractivity contribution in [3.05, 3.63) is 51.9 Å². The quantitative estimate of drug-likeness (QED) is 0.750. The van der Waals surface area contributed by atoms with Crippen LogP contribution in [0.25, 0.3) is 10.9 Å². The van der Waals surface area contributed by atoms with Gasteiger partial charge < -0.3 is 19.1 Å². The summed E-state index contributed by atoms with van der Waals surface area (Å²) in [5.74, 6) is 0.665. The van der Waals surface area contributed by atoms with E-state index in [1.165, 1.54) is 28.9 Å². The largest absolute Gasteiger partial charge is 0.508 e. The number of nitrogens with zero attached hydrogens (tertiary/aromatic N) is 1. The van der Waals surface area contributed by atoms with Crippen molar-refractivity contribution < 1.29 is 14.6 Å². The van der Waals surface area contributed by atoms with Crippen molar-refractivity contribution in [2.45, 2.75) is 33.6 Å². The molecule has 2 aromatic rings. The molecule has 26 heavy (non-hydrogen) atoms. The van der Waals surface area contributed by atoms with Crippen molar-refractivity contribution in [3.63, 3.8) is 0 Å². The third-order valence-corrected chi connectivity index (χ3v) is 4.25. The molecule has 5 nitrogen and oxygen atoms in total. The Morgan fingerprint density at radius 2 is 1.92 bits per heavy atom. The molecule has 2 rings (SSSR count). The molecule has 140 valence electrons. The molecule has 0 unspecified atom stereocenters. The van der Waals surface area contributed by atoms with Gasteiger partial charge >= 0.3 is 0 Å². The third-order valence-electron chi connectivity index (χ3n) is 4.25. The van der Waals surface area contributed by atoms with Crippen LogP contribution in [0.2, 0.25) is 0 Å². The zero-order valence-corrected chi connectivity index (χ0v) is 16.1. The number of phenolic OH excluding ortho intramolecular Hbond substituents is 1. The minimum absolute atomic E-state index is 0.0955. The fraction of sp³-hybridized carbons (Fsp3) is 0.381. The third kappa shape index (κ3) is 4.48. The second-order valence-corrected chi connectivity index (χ2v) is 6.61. The van der Waals surface area contributed by atoms with Crippen molar-refractivity contribution >= 4 is 10.9 Å². The lowest BCUT2D eigenvalue weighted by Crippen LogP contribution is -2.21. The number of methoxy groups -OCH3 is 1. The summed E-state index contributed by atoms with van der Waals surface area (Å²) < 4.78 is 12.7. The summed E-state index contributed by atoms with van der Waals surface area (Å²) in [6.45, 7) is 6.53. The number of fused-ring (bicyclic) bond motifs is 1. The highest BCUT2D eigenvalue weighted by Crippen LogP contribution is 2.33. The normalized spacial score (nSPS) is 11.5. The fourth-order valence-corrected chi connectivity index (χ4v) is 2.76. The van der Waals surface area contributed by atoms with Gasteiger partial charge in [-0.15, -0.1) is 0 Å². The van der Waals surface area contributed by atoms with Gasteiger partial charge in [-0.2, -0.15) is 0 Å². The second kappa shape index (κ2) is 8.61. The van der Waals surface area contributed by atoms with Gasteiger partial charge in [0.1, 0.15) is 12.4 Å². The van der Waals surface area contributed by atoms with Gasteiger partial charge in [-0.25, -0.2) is 0 Å². The first kappa shape index (κ1) is 19.6. The van der Waals surface area contributed by atoms with Crippen LogP contribution in [-0.4, -0.2) is 23.4 Å². The number of ether oxygens (including phenoxy) is 2. The molecule has 0 saturated carbocycles. The molecule has 5 heteroatoms. The number of aromatic nitrogens is 1. The van der Waals surface area contributed by atoms with Gasteiger partial charge in [-0.3, -0.25) is 4.79 Å². The van der Waals surface area contributed by atoms with E-state index in [1.807, 2.05) is 6.08 Å². The van der Waals surface area contributed by atoms with Crippen LogP contribution in [0.4, 0.5) is 0 Å². The van der Waals surface area contributed by atoms with Gasteiger partial charge in [0.2, 0.25) is 5.75 Å². The van der Waals surface area contributed by atoms with E-state index in [9.17, 15) is 9.90 Å². The summed E-state index contributed by atoms with van der Waals surface area (Å²) in [5.41, 5.74) is 2.82. The maximum absolute atomic E-state index is 12.6. The maximum Gasteiger partial charge on any atom is 0.297 e. The smallest absolute Gasteiger partial charge is 0.297 e. The highest BCUT2D eigenvalue weighted by molar-refractivity contribution is 5.88. The average Bonchev–Trinajstić information content (AvgIpc) is 2.59. The molecule has 0 spiro atoms. The lowest BCUT2D eigenvalue weighted by Gasteiger charge is -2.15. The Labute approximate surface area is 154 Å². The van der Waals surface area contributed by atoms with Gasteiger partial charge in [0, 0.05) is 18.5 Å². The summed E-state index contributed by atoms with van der Waals surface area (Å²) in [6, 6.07) is 4.82. The minimum atomic E-state index is -0.296. The molecule has 1 N–H and O–H groups in total. The van der Waals surface area contributed by atoms with Crippen molar-refractivity contribution in [1.29, 1.82) is 0 Å². The Morgan fingerprint density at radius 3 is 2.58 bits per heavy atom. The molecular formula is C21H27NO4. The molecule has 0 amide bonds. The summed E-state index contributed by atoms with van der Waals surface area (Å²) in [7, 11) is 3.16. The van der Waals surface area contributed by atoms with E-state index in [0.29, 0.717) is 23.3 Å². The Balaban J connectivity index is 2.27. The highest BCUT2D eigenvalue weighted by Gasteiger charge is 2.17. The second-order valence-electron chi connectivity index (χ2n) is 6.61. The predicted molar refractivity (Wildman–Crippen MR) is 105 cm³/mol.